The molecule has 0 bridgehead atoms. The molecule has 0 radical (unpaired) electrons. The summed E-state index contributed by atoms with van der Waals surface area (Å²) in [6.07, 6.45) is 1.09. The molecule has 11 heteroatoms. The van der Waals surface area contributed by atoms with Gasteiger partial charge in [0.1, 0.15) is 21.6 Å². The molecule has 0 aliphatic carbocycles. The van der Waals surface area contributed by atoms with Gasteiger partial charge in [-0.2, -0.15) is 10.4 Å². The predicted octanol–water partition coefficient (Wildman–Crippen LogP) is 2.27. The number of aromatic nitrogens is 2. The molecular formula is C26H31N5O5S. The second kappa shape index (κ2) is 11.0. The van der Waals surface area contributed by atoms with E-state index < -0.39 is 33.1 Å². The van der Waals surface area contributed by atoms with Crippen molar-refractivity contribution in [2.75, 3.05) is 25.7 Å². The number of benzene rings is 2. The summed E-state index contributed by atoms with van der Waals surface area (Å²) >= 11 is 0. The predicted molar refractivity (Wildman–Crippen MR) is 140 cm³/mol. The normalized spacial score (nSPS) is 12.5. The maximum Gasteiger partial charge on any atom is 0.273 e. The van der Waals surface area contributed by atoms with E-state index in [-0.39, 0.29) is 24.5 Å². The Morgan fingerprint density at radius 1 is 1.19 bits per heavy atom. The molecule has 37 heavy (non-hydrogen) atoms. The van der Waals surface area contributed by atoms with Gasteiger partial charge in [-0.05, 0) is 23.6 Å². The van der Waals surface area contributed by atoms with Gasteiger partial charge in [-0.15, -0.1) is 0 Å². The van der Waals surface area contributed by atoms with E-state index in [4.69, 9.17) is 4.74 Å². The highest BCUT2D eigenvalue weighted by Crippen LogP contribution is 2.25. The minimum Gasteiger partial charge on any atom is -0.496 e. The number of para-hydroxylation sites is 1. The number of amides is 2. The standard InChI is InChI=1S/C26H31N5O5S/c1-26(2,3)23(25(33)28-12-13-37(5,34)35)29-24(32)22-19-8-6-7-9-20(19)31(30-22)16-18-11-10-17(15-27)14-21(18)36-4/h6-11,14,23H,12-13,16H2,1-5H3,(H,28,33)(H,29,32)/t23-/m1/s1. The third kappa shape index (κ3) is 6.86. The largest absolute Gasteiger partial charge is 0.496 e. The monoisotopic (exact) mass is 525 g/mol. The van der Waals surface area contributed by atoms with E-state index in [1.54, 1.807) is 35.0 Å². The van der Waals surface area contributed by atoms with Gasteiger partial charge in [0, 0.05) is 23.8 Å². The number of nitriles is 1. The summed E-state index contributed by atoms with van der Waals surface area (Å²) in [6.45, 7) is 5.66. The number of carbonyl (C=O) groups is 2. The minimum absolute atomic E-state index is 0.0515. The summed E-state index contributed by atoms with van der Waals surface area (Å²) < 4.78 is 30.0. The van der Waals surface area contributed by atoms with Gasteiger partial charge in [0.2, 0.25) is 5.91 Å². The quantitative estimate of drug-likeness (QED) is 0.436. The third-order valence-electron chi connectivity index (χ3n) is 5.79. The van der Waals surface area contributed by atoms with Crippen LogP contribution < -0.4 is 15.4 Å². The summed E-state index contributed by atoms with van der Waals surface area (Å²) in [5, 5.41) is 19.7. The van der Waals surface area contributed by atoms with E-state index in [1.165, 1.54) is 7.11 Å². The van der Waals surface area contributed by atoms with Gasteiger partial charge in [-0.1, -0.05) is 45.0 Å². The van der Waals surface area contributed by atoms with Gasteiger partial charge in [0.25, 0.3) is 5.91 Å². The number of nitrogens with one attached hydrogen (secondary N) is 2. The molecule has 2 N–H and O–H groups in total. The van der Waals surface area contributed by atoms with Crippen LogP contribution in [0, 0.1) is 16.7 Å². The molecule has 3 rings (SSSR count). The van der Waals surface area contributed by atoms with Crippen molar-refractivity contribution in [2.45, 2.75) is 33.4 Å². The van der Waals surface area contributed by atoms with Gasteiger partial charge in [0.05, 0.1) is 36.6 Å². The highest BCUT2D eigenvalue weighted by atomic mass is 32.2. The molecule has 0 unspecified atom stereocenters. The van der Waals surface area contributed by atoms with Crippen LogP contribution in [0.3, 0.4) is 0 Å². The Balaban J connectivity index is 1.91. The average molecular weight is 526 g/mol. The lowest BCUT2D eigenvalue weighted by Gasteiger charge is -2.30. The molecule has 1 heterocycles. The van der Waals surface area contributed by atoms with Crippen LogP contribution in [0.5, 0.6) is 5.75 Å². The Labute approximate surface area is 216 Å². The van der Waals surface area contributed by atoms with Crippen LogP contribution in [-0.4, -0.2) is 61.7 Å². The number of carbonyl (C=O) groups excluding carboxylic acids is 2. The van der Waals surface area contributed by atoms with Crippen molar-refractivity contribution >= 4 is 32.6 Å². The van der Waals surface area contributed by atoms with Gasteiger partial charge < -0.3 is 15.4 Å². The van der Waals surface area contributed by atoms with Crippen LogP contribution in [-0.2, 0) is 21.2 Å². The van der Waals surface area contributed by atoms with Crippen LogP contribution in [0.1, 0.15) is 42.4 Å². The highest BCUT2D eigenvalue weighted by molar-refractivity contribution is 7.90. The molecule has 3 aromatic rings. The van der Waals surface area contributed by atoms with Crippen molar-refractivity contribution in [1.82, 2.24) is 20.4 Å². The number of rotatable bonds is 9. The lowest BCUT2D eigenvalue weighted by molar-refractivity contribution is -0.125. The molecule has 0 aliphatic heterocycles. The van der Waals surface area contributed by atoms with E-state index in [0.29, 0.717) is 22.2 Å². The average Bonchev–Trinajstić information content (AvgIpc) is 3.19. The second-order valence-corrected chi connectivity index (χ2v) is 12.1. The molecule has 0 aliphatic rings. The van der Waals surface area contributed by atoms with E-state index in [2.05, 4.69) is 21.8 Å². The maximum atomic E-state index is 13.4. The topological polar surface area (TPSA) is 143 Å². The Hall–Kier alpha value is -3.91. The zero-order chi connectivity index (χ0) is 27.4. The Bertz CT molecular complexity index is 1460. The number of hydrogen-bond donors (Lipinski definition) is 2. The summed E-state index contributed by atoms with van der Waals surface area (Å²) in [5.41, 5.74) is 1.46. The minimum atomic E-state index is -3.24. The molecule has 1 atom stereocenters. The molecule has 0 spiro atoms. The number of ether oxygens (including phenoxy) is 1. The number of sulfone groups is 1. The van der Waals surface area contributed by atoms with Crippen molar-refractivity contribution in [2.24, 2.45) is 5.41 Å². The van der Waals surface area contributed by atoms with Crippen LogP contribution in [0.25, 0.3) is 10.9 Å². The Morgan fingerprint density at radius 3 is 2.51 bits per heavy atom. The fourth-order valence-corrected chi connectivity index (χ4v) is 4.33. The van der Waals surface area contributed by atoms with E-state index in [0.717, 1.165) is 11.8 Å². The molecule has 2 aromatic carbocycles. The van der Waals surface area contributed by atoms with Crippen molar-refractivity contribution in [3.63, 3.8) is 0 Å². The fourth-order valence-electron chi connectivity index (χ4n) is 3.86. The smallest absolute Gasteiger partial charge is 0.273 e. The highest BCUT2D eigenvalue weighted by Gasteiger charge is 2.34. The zero-order valence-corrected chi connectivity index (χ0v) is 22.3. The van der Waals surface area contributed by atoms with Crippen LogP contribution in [0.2, 0.25) is 0 Å². The summed E-state index contributed by atoms with van der Waals surface area (Å²) in [5.74, 6) is -0.670. The first-order valence-corrected chi connectivity index (χ1v) is 13.7. The summed E-state index contributed by atoms with van der Waals surface area (Å²) in [4.78, 5) is 26.3. The summed E-state index contributed by atoms with van der Waals surface area (Å²) in [6, 6.07) is 13.5. The molecule has 1 aromatic heterocycles. The van der Waals surface area contributed by atoms with E-state index in [9.17, 15) is 23.3 Å². The van der Waals surface area contributed by atoms with Crippen LogP contribution in [0.15, 0.2) is 42.5 Å². The van der Waals surface area contributed by atoms with Crippen molar-refractivity contribution < 1.29 is 22.7 Å². The Kier molecular flexibility index (Phi) is 8.23. The molecule has 0 saturated carbocycles. The zero-order valence-electron chi connectivity index (χ0n) is 21.5. The molecule has 196 valence electrons. The lowest BCUT2D eigenvalue weighted by Crippen LogP contribution is -2.54. The van der Waals surface area contributed by atoms with Crippen LogP contribution >= 0.6 is 0 Å². The number of hydrogen-bond acceptors (Lipinski definition) is 7. The van der Waals surface area contributed by atoms with Crippen molar-refractivity contribution in [3.05, 3.63) is 59.3 Å². The fraction of sp³-hybridized carbons (Fsp3) is 0.385. The number of methoxy groups -OCH3 is 1. The molecule has 10 nitrogen and oxygen atoms in total. The van der Waals surface area contributed by atoms with Gasteiger partial charge in [0.15, 0.2) is 5.69 Å². The molecular weight excluding hydrogens is 494 g/mol. The molecule has 0 saturated heterocycles. The van der Waals surface area contributed by atoms with Gasteiger partial charge >= 0.3 is 0 Å². The Morgan fingerprint density at radius 2 is 1.89 bits per heavy atom. The number of fused-ring (bicyclic) bond motifs is 1. The van der Waals surface area contributed by atoms with E-state index in [1.807, 2.05) is 32.9 Å². The summed E-state index contributed by atoms with van der Waals surface area (Å²) in [7, 11) is -1.72. The first-order chi connectivity index (χ1) is 17.3. The third-order valence-corrected chi connectivity index (χ3v) is 6.73. The van der Waals surface area contributed by atoms with Crippen LogP contribution in [0.4, 0.5) is 0 Å². The lowest BCUT2D eigenvalue weighted by atomic mass is 9.86. The van der Waals surface area contributed by atoms with Gasteiger partial charge in [-0.25, -0.2) is 8.42 Å². The second-order valence-electron chi connectivity index (χ2n) is 9.86. The maximum absolute atomic E-state index is 13.4. The SMILES string of the molecule is COc1cc(C#N)ccc1Cn1nc(C(=O)N[C@H](C(=O)NCCS(C)(=O)=O)C(C)(C)C)c2ccccc21. The molecule has 2 amide bonds. The molecule has 0 fully saturated rings. The number of nitrogens with zero attached hydrogens (tertiary/aromatic N) is 3. The van der Waals surface area contributed by atoms with E-state index >= 15 is 0 Å². The first kappa shape index (κ1) is 27.7. The van der Waals surface area contributed by atoms with Gasteiger partial charge in [-0.3, -0.25) is 14.3 Å². The first-order valence-electron chi connectivity index (χ1n) is 11.6. The van der Waals surface area contributed by atoms with Crippen molar-refractivity contribution in [3.8, 4) is 11.8 Å². The van der Waals surface area contributed by atoms with Crippen molar-refractivity contribution in [1.29, 1.82) is 5.26 Å².